The molecule has 2 heterocycles. The smallest absolute Gasteiger partial charge is 0.488 e. The molecule has 0 N–H and O–H groups in total. The molecule has 47 heavy (non-hydrogen) atoms. The number of hydrogen-bond donors (Lipinski definition) is 0. The van der Waals surface area contributed by atoms with Gasteiger partial charge in [-0.05, 0) is 35.1 Å². The number of esters is 2. The first-order valence-electron chi connectivity index (χ1n) is 14.2. The second-order valence-electron chi connectivity index (χ2n) is 11.3. The third kappa shape index (κ3) is 6.17. The van der Waals surface area contributed by atoms with Gasteiger partial charge < -0.3 is 14.4 Å². The summed E-state index contributed by atoms with van der Waals surface area (Å²) in [4.78, 5) is 51.0. The van der Waals surface area contributed by atoms with Gasteiger partial charge in [0.15, 0.2) is 0 Å². The van der Waals surface area contributed by atoms with Gasteiger partial charge in [0.25, 0.3) is 5.69 Å². The Labute approximate surface area is 266 Å². The van der Waals surface area contributed by atoms with Crippen LogP contribution in [0.3, 0.4) is 0 Å². The number of β-lactam (4-membered cyclic amide) rings is 1. The van der Waals surface area contributed by atoms with Crippen molar-refractivity contribution in [2.75, 3.05) is 6.61 Å². The third-order valence-corrected chi connectivity index (χ3v) is 9.21. The number of hydrogen-bond acceptors (Lipinski definition) is 10. The molecule has 2 aliphatic heterocycles. The number of nitrogens with zero attached hydrogens (tertiary/aromatic N) is 2. The number of benzene rings is 3. The summed E-state index contributed by atoms with van der Waals surface area (Å²) in [6, 6.07) is 13.1. The van der Waals surface area contributed by atoms with Crippen LogP contribution in [-0.4, -0.2) is 54.2 Å². The first kappa shape index (κ1) is 33.5. The Bertz CT molecular complexity index is 1920. The van der Waals surface area contributed by atoms with Gasteiger partial charge >= 0.3 is 27.6 Å². The lowest BCUT2D eigenvalue weighted by Gasteiger charge is -2.47. The predicted octanol–water partition coefficient (Wildman–Crippen LogP) is 5.26. The van der Waals surface area contributed by atoms with Crippen LogP contribution in [0.2, 0.25) is 0 Å². The summed E-state index contributed by atoms with van der Waals surface area (Å²) in [6.07, 6.45) is 0. The molecular weight excluding hydrogens is 649 g/mol. The van der Waals surface area contributed by atoms with Gasteiger partial charge in [-0.15, -0.1) is 0 Å². The number of nitro groups is 1. The summed E-state index contributed by atoms with van der Waals surface area (Å²) >= 11 is 0. The molecule has 12 nitrogen and oxygen atoms in total. The summed E-state index contributed by atoms with van der Waals surface area (Å²) in [5.41, 5.74) is -5.65. The molecule has 0 radical (unpaired) electrons. The first-order valence-corrected chi connectivity index (χ1v) is 15.6. The van der Waals surface area contributed by atoms with Crippen LogP contribution in [0.1, 0.15) is 36.7 Å². The summed E-state index contributed by atoms with van der Waals surface area (Å²) in [6.45, 7) is 4.41. The fraction of sp³-hybridized carbons (Fsp3) is 0.323. The molecule has 1 saturated heterocycles. The largest absolute Gasteiger partial charge is 0.523 e. The van der Waals surface area contributed by atoms with Gasteiger partial charge in [-0.1, -0.05) is 51.1 Å². The van der Waals surface area contributed by atoms with E-state index in [1.54, 1.807) is 25.1 Å². The fourth-order valence-corrected chi connectivity index (χ4v) is 6.30. The minimum absolute atomic E-state index is 0.0645. The van der Waals surface area contributed by atoms with Gasteiger partial charge in [0, 0.05) is 29.0 Å². The Morgan fingerprint density at radius 3 is 2.23 bits per heavy atom. The highest BCUT2D eigenvalue weighted by Gasteiger charge is 2.59. The van der Waals surface area contributed by atoms with E-state index in [2.05, 4.69) is 4.18 Å². The molecule has 5 rings (SSSR count). The fourth-order valence-electron chi connectivity index (χ4n) is 5.88. The summed E-state index contributed by atoms with van der Waals surface area (Å²) < 4.78 is 76.7. The Balaban J connectivity index is 1.43. The number of nitro benzene ring substituents is 1. The van der Waals surface area contributed by atoms with Crippen LogP contribution < -0.4 is 4.74 Å². The molecule has 3 atom stereocenters. The second kappa shape index (κ2) is 12.4. The van der Waals surface area contributed by atoms with Crippen LogP contribution >= 0.6 is 0 Å². The molecule has 0 saturated carbocycles. The zero-order valence-corrected chi connectivity index (χ0v) is 25.8. The molecule has 0 aliphatic carbocycles. The van der Waals surface area contributed by atoms with Gasteiger partial charge in [-0.25, -0.2) is 9.59 Å². The Morgan fingerprint density at radius 2 is 1.62 bits per heavy atom. The van der Waals surface area contributed by atoms with Crippen molar-refractivity contribution in [3.05, 3.63) is 93.2 Å². The number of amides is 1. The number of halogens is 3. The number of ether oxygens (including phenoxy) is 2. The van der Waals surface area contributed by atoms with Crippen molar-refractivity contribution in [3.8, 4) is 5.75 Å². The van der Waals surface area contributed by atoms with Crippen molar-refractivity contribution in [3.63, 3.8) is 0 Å². The van der Waals surface area contributed by atoms with E-state index in [0.717, 1.165) is 24.3 Å². The van der Waals surface area contributed by atoms with Gasteiger partial charge in [0.1, 0.15) is 18.1 Å². The van der Waals surface area contributed by atoms with Crippen LogP contribution in [-0.2, 0) is 35.2 Å². The Morgan fingerprint density at radius 1 is 0.979 bits per heavy atom. The van der Waals surface area contributed by atoms with E-state index >= 15 is 0 Å². The molecule has 16 heteroatoms. The van der Waals surface area contributed by atoms with Gasteiger partial charge in [0.2, 0.25) is 5.91 Å². The maximum absolute atomic E-state index is 13.5. The molecule has 1 fully saturated rings. The van der Waals surface area contributed by atoms with Gasteiger partial charge in [0.05, 0.1) is 29.1 Å². The SMILES string of the molecule is CC(C)[C@H]1C(=O)N2C(C(=O)OC(=O)c3ccc([N+](=O)[O-])cc3)=C(COc3cccc4c(COS(=O)(=O)C(F)(F)F)cccc34)[C@H](C)[C@H]12. The monoisotopic (exact) mass is 676 g/mol. The summed E-state index contributed by atoms with van der Waals surface area (Å²) in [7, 11) is -5.83. The Hall–Kier alpha value is -4.83. The van der Waals surface area contributed by atoms with Crippen molar-refractivity contribution >= 4 is 44.4 Å². The van der Waals surface area contributed by atoms with Crippen molar-refractivity contribution in [2.45, 2.75) is 38.9 Å². The van der Waals surface area contributed by atoms with Crippen LogP contribution in [0, 0.1) is 27.9 Å². The topological polar surface area (TPSA) is 159 Å². The molecule has 248 valence electrons. The molecule has 0 spiro atoms. The quantitative estimate of drug-likeness (QED) is 0.0527. The second-order valence-corrected chi connectivity index (χ2v) is 12.9. The minimum atomic E-state index is -5.83. The van der Waals surface area contributed by atoms with E-state index < -0.39 is 57.0 Å². The summed E-state index contributed by atoms with van der Waals surface area (Å²) in [5, 5.41) is 11.7. The van der Waals surface area contributed by atoms with Crippen molar-refractivity contribution < 1.29 is 54.6 Å². The van der Waals surface area contributed by atoms with E-state index in [1.165, 1.54) is 23.1 Å². The molecule has 0 unspecified atom stereocenters. The van der Waals surface area contributed by atoms with E-state index in [4.69, 9.17) is 9.47 Å². The maximum atomic E-state index is 13.5. The number of carbonyl (C=O) groups is 3. The van der Waals surface area contributed by atoms with Crippen molar-refractivity contribution in [2.24, 2.45) is 17.8 Å². The lowest BCUT2D eigenvalue weighted by molar-refractivity contribution is -0.384. The van der Waals surface area contributed by atoms with Crippen LogP contribution in [0.5, 0.6) is 5.75 Å². The number of carbonyl (C=O) groups excluding carboxylic acids is 3. The van der Waals surface area contributed by atoms with E-state index in [1.807, 2.05) is 13.8 Å². The normalized spacial score (nSPS) is 19.5. The number of non-ortho nitro benzene ring substituents is 1. The number of rotatable bonds is 10. The molecular formula is C31H27F3N2O10S. The Kier molecular flexibility index (Phi) is 8.85. The highest BCUT2D eigenvalue weighted by atomic mass is 32.2. The van der Waals surface area contributed by atoms with Crippen LogP contribution in [0.15, 0.2) is 71.9 Å². The van der Waals surface area contributed by atoms with E-state index in [-0.39, 0.29) is 46.7 Å². The van der Waals surface area contributed by atoms with Crippen molar-refractivity contribution in [1.29, 1.82) is 0 Å². The van der Waals surface area contributed by atoms with Gasteiger partial charge in [-0.3, -0.25) is 19.1 Å². The highest BCUT2D eigenvalue weighted by molar-refractivity contribution is 7.87. The predicted molar refractivity (Wildman–Crippen MR) is 158 cm³/mol. The van der Waals surface area contributed by atoms with Gasteiger partial charge in [-0.2, -0.15) is 21.6 Å². The molecule has 3 aromatic rings. The maximum Gasteiger partial charge on any atom is 0.523 e. The summed E-state index contributed by atoms with van der Waals surface area (Å²) in [5.74, 6) is -3.17. The zero-order chi connectivity index (χ0) is 34.4. The first-order chi connectivity index (χ1) is 22.0. The van der Waals surface area contributed by atoms with Crippen molar-refractivity contribution in [1.82, 2.24) is 4.90 Å². The number of alkyl halides is 3. The molecule has 1 amide bonds. The third-order valence-electron chi connectivity index (χ3n) is 8.22. The number of fused-ring (bicyclic) bond motifs is 2. The molecule has 3 aromatic carbocycles. The molecule has 0 aromatic heterocycles. The van der Waals surface area contributed by atoms with Crippen LogP contribution in [0.4, 0.5) is 18.9 Å². The van der Waals surface area contributed by atoms with Crippen LogP contribution in [0.25, 0.3) is 10.8 Å². The molecule has 0 bridgehead atoms. The van der Waals surface area contributed by atoms with E-state index in [9.17, 15) is 46.1 Å². The zero-order valence-electron chi connectivity index (χ0n) is 25.0. The minimum Gasteiger partial charge on any atom is -0.488 e. The molecule has 2 aliphatic rings. The standard InChI is InChI=1S/C31H27F3N2O10S/c1-16(2)25-26-17(3)23(27(35(26)28(25)37)30(39)46-29(38)18-10-12-20(13-11-18)36(40)41)15-44-24-9-5-7-21-19(6-4-8-22(21)24)14-45-47(42,43)31(32,33)34/h4-13,16-17,25-26H,14-15H2,1-3H3/t17-,25+,26+/m0/s1. The highest BCUT2D eigenvalue weighted by Crippen LogP contribution is 2.49. The average molecular weight is 677 g/mol. The lowest BCUT2D eigenvalue weighted by Crippen LogP contribution is -2.62. The average Bonchev–Trinajstić information content (AvgIpc) is 3.25. The lowest BCUT2D eigenvalue weighted by atomic mass is 9.74. The van der Waals surface area contributed by atoms with E-state index in [0.29, 0.717) is 16.3 Å².